The Morgan fingerprint density at radius 3 is 2.88 bits per heavy atom. The summed E-state index contributed by atoms with van der Waals surface area (Å²) in [5.74, 6) is -0.574. The highest BCUT2D eigenvalue weighted by molar-refractivity contribution is 6.05. The van der Waals surface area contributed by atoms with Crippen molar-refractivity contribution < 1.29 is 14.6 Å². The number of rotatable bonds is 2. The Morgan fingerprint density at radius 2 is 2.31 bits per heavy atom. The van der Waals surface area contributed by atoms with Gasteiger partial charge in [0.15, 0.2) is 0 Å². The van der Waals surface area contributed by atoms with Crippen LogP contribution in [0, 0.1) is 11.3 Å². The first-order valence-corrected chi connectivity index (χ1v) is 4.50. The van der Waals surface area contributed by atoms with Gasteiger partial charge in [-0.25, -0.2) is 4.79 Å². The lowest BCUT2D eigenvalue weighted by atomic mass is 10.1. The quantitative estimate of drug-likeness (QED) is 0.800. The summed E-state index contributed by atoms with van der Waals surface area (Å²) >= 11 is 0. The Bertz CT molecular complexity index is 607. The lowest BCUT2D eigenvalue weighted by Gasteiger charge is -1.99. The zero-order valence-electron chi connectivity index (χ0n) is 8.44. The van der Waals surface area contributed by atoms with E-state index in [2.05, 4.69) is 4.98 Å². The molecular weight excluding hydrogens is 208 g/mol. The zero-order valence-corrected chi connectivity index (χ0v) is 8.44. The van der Waals surface area contributed by atoms with Gasteiger partial charge in [0.05, 0.1) is 7.11 Å². The molecule has 5 heteroatoms. The van der Waals surface area contributed by atoms with Crippen molar-refractivity contribution in [3.05, 3.63) is 29.5 Å². The van der Waals surface area contributed by atoms with Crippen LogP contribution in [0.3, 0.4) is 0 Å². The summed E-state index contributed by atoms with van der Waals surface area (Å²) in [7, 11) is 1.50. The van der Waals surface area contributed by atoms with Crippen LogP contribution in [0.15, 0.2) is 18.2 Å². The Labute approximate surface area is 90.9 Å². The number of hydrogen-bond donors (Lipinski definition) is 2. The predicted octanol–water partition coefficient (Wildman–Crippen LogP) is 1.75. The Kier molecular flexibility index (Phi) is 2.25. The molecule has 2 N–H and O–H groups in total. The normalized spacial score (nSPS) is 10.0. The first kappa shape index (κ1) is 10.1. The fraction of sp³-hybridized carbons (Fsp3) is 0.0909. The van der Waals surface area contributed by atoms with Crippen molar-refractivity contribution in [2.45, 2.75) is 0 Å². The second kappa shape index (κ2) is 3.59. The van der Waals surface area contributed by atoms with Crippen LogP contribution in [0.4, 0.5) is 0 Å². The molecule has 0 aliphatic heterocycles. The third-order valence-corrected chi connectivity index (χ3v) is 2.33. The van der Waals surface area contributed by atoms with Crippen molar-refractivity contribution in [2.75, 3.05) is 7.11 Å². The maximum Gasteiger partial charge on any atom is 0.339 e. The minimum Gasteiger partial charge on any atom is -0.497 e. The van der Waals surface area contributed by atoms with E-state index < -0.39 is 5.97 Å². The lowest BCUT2D eigenvalue weighted by Crippen LogP contribution is -1.97. The van der Waals surface area contributed by atoms with Crippen LogP contribution in [0.25, 0.3) is 10.9 Å². The van der Waals surface area contributed by atoms with Gasteiger partial charge in [0, 0.05) is 10.9 Å². The van der Waals surface area contributed by atoms with Crippen molar-refractivity contribution in [3.63, 3.8) is 0 Å². The molecule has 0 amide bonds. The van der Waals surface area contributed by atoms with Crippen molar-refractivity contribution >= 4 is 16.9 Å². The molecule has 0 saturated heterocycles. The maximum absolute atomic E-state index is 11.0. The highest BCUT2D eigenvalue weighted by atomic mass is 16.5. The molecule has 0 aliphatic carbocycles. The highest BCUT2D eigenvalue weighted by Gasteiger charge is 2.17. The van der Waals surface area contributed by atoms with E-state index in [0.717, 1.165) is 0 Å². The average Bonchev–Trinajstić information content (AvgIpc) is 2.65. The van der Waals surface area contributed by atoms with Gasteiger partial charge in [0.1, 0.15) is 23.1 Å². The number of nitrogens with zero attached hydrogens (tertiary/aromatic N) is 1. The number of carboxylic acid groups (broad SMARTS) is 1. The summed E-state index contributed by atoms with van der Waals surface area (Å²) in [6.07, 6.45) is 0. The fourth-order valence-electron chi connectivity index (χ4n) is 1.60. The zero-order chi connectivity index (χ0) is 11.7. The number of aromatic amines is 1. The van der Waals surface area contributed by atoms with Gasteiger partial charge in [-0.3, -0.25) is 0 Å². The van der Waals surface area contributed by atoms with Gasteiger partial charge >= 0.3 is 5.97 Å². The molecule has 0 bridgehead atoms. The van der Waals surface area contributed by atoms with Gasteiger partial charge in [-0.2, -0.15) is 5.26 Å². The topological polar surface area (TPSA) is 86.1 Å². The smallest absolute Gasteiger partial charge is 0.339 e. The molecule has 0 spiro atoms. The molecule has 1 heterocycles. The molecular formula is C11H8N2O3. The molecule has 5 nitrogen and oxygen atoms in total. The van der Waals surface area contributed by atoms with Gasteiger partial charge in [0.25, 0.3) is 0 Å². The summed E-state index contributed by atoms with van der Waals surface area (Å²) in [6.45, 7) is 0. The number of hydrogen-bond acceptors (Lipinski definition) is 3. The van der Waals surface area contributed by atoms with Crippen LogP contribution < -0.4 is 4.74 Å². The molecule has 0 fully saturated rings. The molecule has 0 atom stereocenters. The van der Waals surface area contributed by atoms with Crippen molar-refractivity contribution in [3.8, 4) is 11.8 Å². The Morgan fingerprint density at radius 1 is 1.56 bits per heavy atom. The number of benzene rings is 1. The molecule has 0 unspecified atom stereocenters. The van der Waals surface area contributed by atoms with Gasteiger partial charge in [-0.05, 0) is 18.2 Å². The number of aromatic carboxylic acids is 1. The van der Waals surface area contributed by atoms with Crippen LogP contribution >= 0.6 is 0 Å². The number of carbonyl (C=O) groups is 1. The van der Waals surface area contributed by atoms with E-state index in [1.54, 1.807) is 18.2 Å². The third kappa shape index (κ3) is 1.37. The SMILES string of the molecule is COc1ccc2[nH]c(C#N)c(C(=O)O)c2c1. The first-order chi connectivity index (χ1) is 7.67. The van der Waals surface area contributed by atoms with E-state index in [9.17, 15) is 4.79 Å². The van der Waals surface area contributed by atoms with Gasteiger partial charge < -0.3 is 14.8 Å². The summed E-state index contributed by atoms with van der Waals surface area (Å²) < 4.78 is 5.01. The number of carboxylic acids is 1. The Hall–Kier alpha value is -2.48. The van der Waals surface area contributed by atoms with Crippen molar-refractivity contribution in [1.29, 1.82) is 5.26 Å². The molecule has 2 rings (SSSR count). The molecule has 0 aliphatic rings. The molecule has 1 aromatic heterocycles. The number of fused-ring (bicyclic) bond motifs is 1. The predicted molar refractivity (Wildman–Crippen MR) is 56.5 cm³/mol. The molecule has 80 valence electrons. The second-order valence-corrected chi connectivity index (χ2v) is 3.20. The fourth-order valence-corrected chi connectivity index (χ4v) is 1.60. The van der Waals surface area contributed by atoms with E-state index in [1.807, 2.05) is 6.07 Å². The van der Waals surface area contributed by atoms with E-state index >= 15 is 0 Å². The summed E-state index contributed by atoms with van der Waals surface area (Å²) in [4.78, 5) is 13.8. The molecule has 0 radical (unpaired) electrons. The number of ether oxygens (including phenoxy) is 1. The van der Waals surface area contributed by atoms with Gasteiger partial charge in [-0.15, -0.1) is 0 Å². The average molecular weight is 216 g/mol. The summed E-state index contributed by atoms with van der Waals surface area (Å²) in [5.41, 5.74) is 0.641. The molecule has 16 heavy (non-hydrogen) atoms. The van der Waals surface area contributed by atoms with E-state index in [4.69, 9.17) is 15.1 Å². The number of methoxy groups -OCH3 is 1. The molecule has 0 saturated carbocycles. The number of nitrogens with one attached hydrogen (secondary N) is 1. The van der Waals surface area contributed by atoms with Crippen LogP contribution in [-0.4, -0.2) is 23.2 Å². The van der Waals surface area contributed by atoms with Crippen molar-refractivity contribution in [1.82, 2.24) is 4.98 Å². The molecule has 2 aromatic rings. The summed E-state index contributed by atoms with van der Waals surface area (Å²) in [6, 6.07) is 6.80. The Balaban J connectivity index is 2.82. The first-order valence-electron chi connectivity index (χ1n) is 4.50. The van der Waals surface area contributed by atoms with E-state index in [-0.39, 0.29) is 11.3 Å². The van der Waals surface area contributed by atoms with Gasteiger partial charge in [-0.1, -0.05) is 0 Å². The van der Waals surface area contributed by atoms with Crippen LogP contribution in [0.5, 0.6) is 5.75 Å². The number of nitriles is 1. The van der Waals surface area contributed by atoms with E-state index in [1.165, 1.54) is 7.11 Å². The molecule has 1 aromatic carbocycles. The highest BCUT2D eigenvalue weighted by Crippen LogP contribution is 2.26. The monoisotopic (exact) mass is 216 g/mol. The second-order valence-electron chi connectivity index (χ2n) is 3.20. The largest absolute Gasteiger partial charge is 0.497 e. The van der Waals surface area contributed by atoms with E-state index in [0.29, 0.717) is 16.7 Å². The maximum atomic E-state index is 11.0. The lowest BCUT2D eigenvalue weighted by molar-refractivity contribution is 0.0699. The van der Waals surface area contributed by atoms with Crippen molar-refractivity contribution in [2.24, 2.45) is 0 Å². The standard InChI is InChI=1S/C11H8N2O3/c1-16-6-2-3-8-7(4-6)10(11(14)15)9(5-12)13-8/h2-4,13H,1H3,(H,14,15). The van der Waals surface area contributed by atoms with Crippen LogP contribution in [-0.2, 0) is 0 Å². The van der Waals surface area contributed by atoms with Crippen LogP contribution in [0.1, 0.15) is 16.1 Å². The van der Waals surface area contributed by atoms with Crippen LogP contribution in [0.2, 0.25) is 0 Å². The minimum absolute atomic E-state index is 0.0172. The minimum atomic E-state index is -1.13. The van der Waals surface area contributed by atoms with Gasteiger partial charge in [0.2, 0.25) is 0 Å². The number of aromatic nitrogens is 1. The summed E-state index contributed by atoms with van der Waals surface area (Å²) in [5, 5.41) is 18.3. The number of H-pyrrole nitrogens is 1. The third-order valence-electron chi connectivity index (χ3n) is 2.33.